The quantitative estimate of drug-likeness (QED) is 0.893. The SMILES string of the molecule is CC(C1CCC1)N1CCNC(Cc2ccccc2)C1. The van der Waals surface area contributed by atoms with Crippen LogP contribution >= 0.6 is 0 Å². The smallest absolute Gasteiger partial charge is 0.0236 e. The molecule has 0 spiro atoms. The van der Waals surface area contributed by atoms with Crippen molar-refractivity contribution < 1.29 is 0 Å². The summed E-state index contributed by atoms with van der Waals surface area (Å²) in [6.45, 7) is 6.03. The van der Waals surface area contributed by atoms with Gasteiger partial charge < -0.3 is 5.32 Å². The Morgan fingerprint density at radius 2 is 2.05 bits per heavy atom. The third-order valence-corrected chi connectivity index (χ3v) is 5.02. The maximum absolute atomic E-state index is 3.69. The third-order valence-electron chi connectivity index (χ3n) is 5.02. The minimum atomic E-state index is 0.624. The highest BCUT2D eigenvalue weighted by molar-refractivity contribution is 5.16. The van der Waals surface area contributed by atoms with Gasteiger partial charge >= 0.3 is 0 Å². The molecule has 1 N–H and O–H groups in total. The Bertz CT molecular complexity index is 386. The summed E-state index contributed by atoms with van der Waals surface area (Å²) < 4.78 is 0. The number of benzene rings is 1. The zero-order chi connectivity index (χ0) is 13.1. The standard InChI is InChI=1S/C17H26N2/c1-14(16-8-5-9-16)19-11-10-18-17(13-19)12-15-6-3-2-4-7-15/h2-4,6-7,14,16-18H,5,8-13H2,1H3. The van der Waals surface area contributed by atoms with E-state index in [4.69, 9.17) is 0 Å². The van der Waals surface area contributed by atoms with Gasteiger partial charge in [0.2, 0.25) is 0 Å². The van der Waals surface area contributed by atoms with E-state index in [-0.39, 0.29) is 0 Å². The zero-order valence-electron chi connectivity index (χ0n) is 12.0. The van der Waals surface area contributed by atoms with E-state index in [1.165, 1.54) is 37.9 Å². The lowest BCUT2D eigenvalue weighted by Gasteiger charge is -2.43. The molecule has 2 heteroatoms. The van der Waals surface area contributed by atoms with Crippen LogP contribution in [0.5, 0.6) is 0 Å². The summed E-state index contributed by atoms with van der Waals surface area (Å²) in [4.78, 5) is 2.72. The summed E-state index contributed by atoms with van der Waals surface area (Å²) >= 11 is 0. The van der Waals surface area contributed by atoms with Gasteiger partial charge in [-0.05, 0) is 37.7 Å². The second-order valence-corrected chi connectivity index (χ2v) is 6.27. The van der Waals surface area contributed by atoms with Crippen LogP contribution in [0.25, 0.3) is 0 Å². The van der Waals surface area contributed by atoms with Gasteiger partial charge in [-0.2, -0.15) is 0 Å². The predicted molar refractivity (Wildman–Crippen MR) is 80.3 cm³/mol. The molecule has 104 valence electrons. The fraction of sp³-hybridized carbons (Fsp3) is 0.647. The number of hydrogen-bond donors (Lipinski definition) is 1. The molecule has 2 nitrogen and oxygen atoms in total. The first kappa shape index (κ1) is 13.1. The van der Waals surface area contributed by atoms with Crippen LogP contribution in [-0.2, 0) is 6.42 Å². The van der Waals surface area contributed by atoms with Crippen molar-refractivity contribution in [2.24, 2.45) is 5.92 Å². The molecule has 1 aliphatic heterocycles. The van der Waals surface area contributed by atoms with Crippen LogP contribution in [0.4, 0.5) is 0 Å². The van der Waals surface area contributed by atoms with Gasteiger partial charge in [-0.1, -0.05) is 36.8 Å². The summed E-state index contributed by atoms with van der Waals surface area (Å²) in [5, 5.41) is 3.69. The number of piperazine rings is 1. The van der Waals surface area contributed by atoms with Crippen molar-refractivity contribution in [1.29, 1.82) is 0 Å². The average Bonchev–Trinajstić information content (AvgIpc) is 2.38. The lowest BCUT2D eigenvalue weighted by atomic mass is 9.79. The van der Waals surface area contributed by atoms with Crippen molar-refractivity contribution in [2.75, 3.05) is 19.6 Å². The highest BCUT2D eigenvalue weighted by atomic mass is 15.2. The molecule has 19 heavy (non-hydrogen) atoms. The Kier molecular flexibility index (Phi) is 4.19. The molecule has 1 aromatic carbocycles. The van der Waals surface area contributed by atoms with Crippen LogP contribution in [0, 0.1) is 5.92 Å². The first-order valence-corrected chi connectivity index (χ1v) is 7.84. The summed E-state index contributed by atoms with van der Waals surface area (Å²) in [5.41, 5.74) is 1.46. The minimum absolute atomic E-state index is 0.624. The third kappa shape index (κ3) is 3.18. The van der Waals surface area contributed by atoms with Gasteiger partial charge in [0, 0.05) is 31.7 Å². The van der Waals surface area contributed by atoms with E-state index in [9.17, 15) is 0 Å². The molecule has 2 unspecified atom stereocenters. The van der Waals surface area contributed by atoms with Gasteiger partial charge in [0.05, 0.1) is 0 Å². The summed E-state index contributed by atoms with van der Waals surface area (Å²) in [5.74, 6) is 0.968. The molecule has 2 aliphatic rings. The normalized spacial score (nSPS) is 26.9. The van der Waals surface area contributed by atoms with Gasteiger partial charge in [-0.25, -0.2) is 0 Å². The van der Waals surface area contributed by atoms with Gasteiger partial charge in [-0.3, -0.25) is 4.90 Å². The Balaban J connectivity index is 1.55. The maximum Gasteiger partial charge on any atom is 0.0236 e. The zero-order valence-corrected chi connectivity index (χ0v) is 12.0. The van der Waals surface area contributed by atoms with Crippen molar-refractivity contribution in [3.05, 3.63) is 35.9 Å². The molecule has 3 rings (SSSR count). The topological polar surface area (TPSA) is 15.3 Å². The van der Waals surface area contributed by atoms with Crippen molar-refractivity contribution in [3.63, 3.8) is 0 Å². The molecule has 0 aromatic heterocycles. The number of hydrogen-bond acceptors (Lipinski definition) is 2. The number of nitrogens with zero attached hydrogens (tertiary/aromatic N) is 1. The fourth-order valence-corrected chi connectivity index (χ4v) is 3.48. The van der Waals surface area contributed by atoms with Gasteiger partial charge in [0.15, 0.2) is 0 Å². The van der Waals surface area contributed by atoms with Crippen LogP contribution in [0.15, 0.2) is 30.3 Å². The molecule has 0 bridgehead atoms. The van der Waals surface area contributed by atoms with E-state index in [1.807, 2.05) is 0 Å². The number of rotatable bonds is 4. The van der Waals surface area contributed by atoms with E-state index >= 15 is 0 Å². The van der Waals surface area contributed by atoms with Gasteiger partial charge in [0.25, 0.3) is 0 Å². The van der Waals surface area contributed by atoms with E-state index in [1.54, 1.807) is 0 Å². The Morgan fingerprint density at radius 3 is 2.74 bits per heavy atom. The van der Waals surface area contributed by atoms with Crippen LogP contribution < -0.4 is 5.32 Å². The molecule has 1 saturated heterocycles. The van der Waals surface area contributed by atoms with Crippen molar-refractivity contribution in [2.45, 2.75) is 44.7 Å². The maximum atomic E-state index is 3.69. The fourth-order valence-electron chi connectivity index (χ4n) is 3.48. The van der Waals surface area contributed by atoms with E-state index in [0.717, 1.165) is 24.9 Å². The van der Waals surface area contributed by atoms with Gasteiger partial charge in [-0.15, -0.1) is 0 Å². The lowest BCUT2D eigenvalue weighted by Crippen LogP contribution is -2.56. The molecule has 1 aromatic rings. The molecular formula is C17H26N2. The van der Waals surface area contributed by atoms with Crippen LogP contribution in [0.3, 0.4) is 0 Å². The molecule has 1 heterocycles. The Morgan fingerprint density at radius 1 is 1.26 bits per heavy atom. The summed E-state index contributed by atoms with van der Waals surface area (Å²) in [6, 6.07) is 12.3. The van der Waals surface area contributed by atoms with Crippen LogP contribution in [-0.4, -0.2) is 36.6 Å². The first-order chi connectivity index (χ1) is 9.33. The van der Waals surface area contributed by atoms with E-state index < -0.39 is 0 Å². The molecule has 0 amide bonds. The second kappa shape index (κ2) is 6.06. The van der Waals surface area contributed by atoms with Gasteiger partial charge in [0.1, 0.15) is 0 Å². The monoisotopic (exact) mass is 258 g/mol. The summed E-state index contributed by atoms with van der Waals surface area (Å²) in [6.07, 6.45) is 5.52. The lowest BCUT2D eigenvalue weighted by molar-refractivity contribution is 0.0799. The largest absolute Gasteiger partial charge is 0.311 e. The van der Waals surface area contributed by atoms with Crippen LogP contribution in [0.1, 0.15) is 31.7 Å². The Hall–Kier alpha value is -0.860. The highest BCUT2D eigenvalue weighted by Gasteiger charge is 2.31. The van der Waals surface area contributed by atoms with E-state index in [2.05, 4.69) is 47.5 Å². The molecule has 2 fully saturated rings. The average molecular weight is 258 g/mol. The minimum Gasteiger partial charge on any atom is -0.311 e. The van der Waals surface area contributed by atoms with Crippen molar-refractivity contribution in [3.8, 4) is 0 Å². The Labute approximate surface area is 117 Å². The molecule has 2 atom stereocenters. The second-order valence-electron chi connectivity index (χ2n) is 6.27. The summed E-state index contributed by atoms with van der Waals surface area (Å²) in [7, 11) is 0. The first-order valence-electron chi connectivity index (χ1n) is 7.84. The molecule has 1 aliphatic carbocycles. The molecular weight excluding hydrogens is 232 g/mol. The molecule has 1 saturated carbocycles. The van der Waals surface area contributed by atoms with Crippen LogP contribution in [0.2, 0.25) is 0 Å². The van der Waals surface area contributed by atoms with E-state index in [0.29, 0.717) is 6.04 Å². The highest BCUT2D eigenvalue weighted by Crippen LogP contribution is 2.32. The number of nitrogens with one attached hydrogen (secondary N) is 1. The van der Waals surface area contributed by atoms with Crippen molar-refractivity contribution >= 4 is 0 Å². The van der Waals surface area contributed by atoms with Crippen molar-refractivity contribution in [1.82, 2.24) is 10.2 Å². The molecule has 0 radical (unpaired) electrons. The predicted octanol–water partition coefficient (Wildman–Crippen LogP) is 2.69.